The van der Waals surface area contributed by atoms with Crippen molar-refractivity contribution in [2.24, 2.45) is 10.9 Å². The largest absolute Gasteiger partial charge is 0.409 e. The summed E-state index contributed by atoms with van der Waals surface area (Å²) < 4.78 is 5.50. The van der Waals surface area contributed by atoms with E-state index in [1.165, 1.54) is 0 Å². The molecule has 0 aromatic heterocycles. The Labute approximate surface area is 111 Å². The third kappa shape index (κ3) is 2.68. The molecule has 1 saturated heterocycles. The van der Waals surface area contributed by atoms with Crippen LogP contribution in [0.2, 0.25) is 5.02 Å². The molecule has 1 heterocycles. The van der Waals surface area contributed by atoms with Gasteiger partial charge in [-0.05, 0) is 25.1 Å². The first-order valence-corrected chi connectivity index (χ1v) is 6.13. The Morgan fingerprint density at radius 3 is 3.06 bits per heavy atom. The molecule has 0 bridgehead atoms. The number of benzene rings is 1. The van der Waals surface area contributed by atoms with E-state index in [1.54, 1.807) is 12.1 Å². The van der Waals surface area contributed by atoms with Crippen molar-refractivity contribution in [3.8, 4) is 0 Å². The number of oxime groups is 1. The molecular weight excluding hydrogens is 254 g/mol. The maximum absolute atomic E-state index is 8.82. The minimum absolute atomic E-state index is 0.0841. The molecule has 3 N–H and O–H groups in total. The molecule has 1 aromatic carbocycles. The summed E-state index contributed by atoms with van der Waals surface area (Å²) >= 11 is 6.02. The van der Waals surface area contributed by atoms with Crippen molar-refractivity contribution in [2.75, 3.05) is 24.6 Å². The number of nitrogens with two attached hydrogens (primary N) is 1. The van der Waals surface area contributed by atoms with Crippen molar-refractivity contribution in [1.82, 2.24) is 0 Å². The number of halogens is 1. The van der Waals surface area contributed by atoms with Crippen LogP contribution < -0.4 is 10.6 Å². The second-order valence-electron chi connectivity index (χ2n) is 4.27. The van der Waals surface area contributed by atoms with Gasteiger partial charge in [-0.1, -0.05) is 16.8 Å². The zero-order valence-corrected chi connectivity index (χ0v) is 10.9. The molecule has 1 fully saturated rings. The standard InChI is InChI=1S/C12H16ClN3O2/c1-8-7-16(4-5-18-8)11-6-9(13)2-3-10(11)12(14)15-17/h2-3,6,8,17H,4-5,7H2,1H3,(H2,14,15). The third-order valence-electron chi connectivity index (χ3n) is 2.93. The van der Waals surface area contributed by atoms with Gasteiger partial charge in [-0.2, -0.15) is 0 Å². The molecule has 0 saturated carbocycles. The molecule has 0 spiro atoms. The van der Waals surface area contributed by atoms with Crippen molar-refractivity contribution >= 4 is 23.1 Å². The Kier molecular flexibility index (Phi) is 3.93. The van der Waals surface area contributed by atoms with E-state index >= 15 is 0 Å². The Morgan fingerprint density at radius 2 is 2.39 bits per heavy atom. The predicted molar refractivity (Wildman–Crippen MR) is 71.6 cm³/mol. The number of rotatable bonds is 2. The fourth-order valence-electron chi connectivity index (χ4n) is 2.07. The lowest BCUT2D eigenvalue weighted by Crippen LogP contribution is -2.42. The maximum atomic E-state index is 8.82. The highest BCUT2D eigenvalue weighted by Gasteiger charge is 2.20. The topological polar surface area (TPSA) is 71.1 Å². The van der Waals surface area contributed by atoms with E-state index in [1.807, 2.05) is 13.0 Å². The molecule has 0 aliphatic carbocycles. The third-order valence-corrected chi connectivity index (χ3v) is 3.16. The van der Waals surface area contributed by atoms with Gasteiger partial charge < -0.3 is 20.6 Å². The van der Waals surface area contributed by atoms with Gasteiger partial charge in [0.25, 0.3) is 0 Å². The van der Waals surface area contributed by atoms with Crippen LogP contribution in [0.5, 0.6) is 0 Å². The zero-order valence-electron chi connectivity index (χ0n) is 10.1. The minimum Gasteiger partial charge on any atom is -0.409 e. The van der Waals surface area contributed by atoms with E-state index in [0.29, 0.717) is 17.2 Å². The summed E-state index contributed by atoms with van der Waals surface area (Å²) in [6.45, 7) is 4.19. The van der Waals surface area contributed by atoms with Crippen molar-refractivity contribution < 1.29 is 9.94 Å². The molecule has 98 valence electrons. The summed E-state index contributed by atoms with van der Waals surface area (Å²) in [7, 11) is 0. The highest BCUT2D eigenvalue weighted by Crippen LogP contribution is 2.26. The fraction of sp³-hybridized carbons (Fsp3) is 0.417. The Hall–Kier alpha value is -1.46. The summed E-state index contributed by atoms with van der Waals surface area (Å²) in [5, 5.41) is 12.5. The average Bonchev–Trinajstić information content (AvgIpc) is 2.38. The second kappa shape index (κ2) is 5.46. The lowest BCUT2D eigenvalue weighted by molar-refractivity contribution is 0.0532. The fourth-order valence-corrected chi connectivity index (χ4v) is 2.24. The van der Waals surface area contributed by atoms with Gasteiger partial charge in [-0.15, -0.1) is 0 Å². The Balaban J connectivity index is 2.38. The second-order valence-corrected chi connectivity index (χ2v) is 4.71. The van der Waals surface area contributed by atoms with E-state index in [0.717, 1.165) is 18.8 Å². The number of nitrogens with zero attached hydrogens (tertiary/aromatic N) is 2. The summed E-state index contributed by atoms with van der Waals surface area (Å²) in [5.74, 6) is 0.0841. The van der Waals surface area contributed by atoms with Crippen molar-refractivity contribution in [3.05, 3.63) is 28.8 Å². The molecule has 6 heteroatoms. The van der Waals surface area contributed by atoms with Gasteiger partial charge in [0.05, 0.1) is 12.7 Å². The van der Waals surface area contributed by atoms with Crippen LogP contribution in [0.15, 0.2) is 23.4 Å². The van der Waals surface area contributed by atoms with Gasteiger partial charge in [0.1, 0.15) is 0 Å². The first kappa shape index (κ1) is 13.0. The molecule has 1 aliphatic heterocycles. The molecule has 2 rings (SSSR count). The zero-order chi connectivity index (χ0) is 13.1. The van der Waals surface area contributed by atoms with Gasteiger partial charge in [0, 0.05) is 29.4 Å². The first-order chi connectivity index (χ1) is 8.61. The first-order valence-electron chi connectivity index (χ1n) is 5.76. The van der Waals surface area contributed by atoms with Crippen LogP contribution in [0.4, 0.5) is 5.69 Å². The summed E-state index contributed by atoms with van der Waals surface area (Å²) in [5.41, 5.74) is 7.23. The number of morpholine rings is 1. The van der Waals surface area contributed by atoms with E-state index in [-0.39, 0.29) is 11.9 Å². The minimum atomic E-state index is 0.0841. The molecule has 5 nitrogen and oxygen atoms in total. The van der Waals surface area contributed by atoms with Crippen LogP contribution >= 0.6 is 11.6 Å². The molecule has 1 aliphatic rings. The van der Waals surface area contributed by atoms with Crippen molar-refractivity contribution in [1.29, 1.82) is 0 Å². The van der Waals surface area contributed by atoms with E-state index in [4.69, 9.17) is 27.3 Å². The lowest BCUT2D eigenvalue weighted by Gasteiger charge is -2.34. The normalized spacial score (nSPS) is 21.1. The van der Waals surface area contributed by atoms with Crippen LogP contribution in [-0.2, 0) is 4.74 Å². The van der Waals surface area contributed by atoms with E-state index in [2.05, 4.69) is 10.1 Å². The van der Waals surface area contributed by atoms with Gasteiger partial charge in [-0.3, -0.25) is 0 Å². The van der Waals surface area contributed by atoms with Crippen molar-refractivity contribution in [2.45, 2.75) is 13.0 Å². The summed E-state index contributed by atoms with van der Waals surface area (Å²) in [6, 6.07) is 5.31. The van der Waals surface area contributed by atoms with Gasteiger partial charge in [-0.25, -0.2) is 0 Å². The number of amidine groups is 1. The Bertz CT molecular complexity index is 465. The van der Waals surface area contributed by atoms with Crippen LogP contribution in [0.3, 0.4) is 0 Å². The molecule has 1 aromatic rings. The van der Waals surface area contributed by atoms with Gasteiger partial charge >= 0.3 is 0 Å². The van der Waals surface area contributed by atoms with Crippen molar-refractivity contribution in [3.63, 3.8) is 0 Å². The van der Waals surface area contributed by atoms with Crippen LogP contribution in [0.1, 0.15) is 12.5 Å². The van der Waals surface area contributed by atoms with Crippen LogP contribution in [-0.4, -0.2) is 36.8 Å². The molecule has 18 heavy (non-hydrogen) atoms. The van der Waals surface area contributed by atoms with Crippen LogP contribution in [0, 0.1) is 0 Å². The average molecular weight is 270 g/mol. The number of anilines is 1. The van der Waals surface area contributed by atoms with Crippen LogP contribution in [0.25, 0.3) is 0 Å². The smallest absolute Gasteiger partial charge is 0.172 e. The number of hydrogen-bond donors (Lipinski definition) is 2. The number of ether oxygens (including phenoxy) is 1. The number of hydrogen-bond acceptors (Lipinski definition) is 4. The predicted octanol–water partition coefficient (Wildman–Crippen LogP) is 1.66. The van der Waals surface area contributed by atoms with E-state index < -0.39 is 0 Å². The van der Waals surface area contributed by atoms with Gasteiger partial charge in [0.2, 0.25) is 0 Å². The molecule has 0 amide bonds. The maximum Gasteiger partial charge on any atom is 0.172 e. The van der Waals surface area contributed by atoms with E-state index in [9.17, 15) is 0 Å². The quantitative estimate of drug-likeness (QED) is 0.371. The SMILES string of the molecule is CC1CN(c2cc(Cl)ccc2C(N)=NO)CCO1. The monoisotopic (exact) mass is 269 g/mol. The van der Waals surface area contributed by atoms with Gasteiger partial charge in [0.15, 0.2) is 5.84 Å². The Morgan fingerprint density at radius 1 is 1.61 bits per heavy atom. The highest BCUT2D eigenvalue weighted by molar-refractivity contribution is 6.31. The molecular formula is C12H16ClN3O2. The summed E-state index contributed by atoms with van der Waals surface area (Å²) in [6.07, 6.45) is 0.151. The highest BCUT2D eigenvalue weighted by atomic mass is 35.5. The molecule has 1 unspecified atom stereocenters. The molecule has 0 radical (unpaired) electrons. The molecule has 1 atom stereocenters. The lowest BCUT2D eigenvalue weighted by atomic mass is 10.1. The summed E-state index contributed by atoms with van der Waals surface area (Å²) in [4.78, 5) is 2.13.